The van der Waals surface area contributed by atoms with Crippen LogP contribution in [0.2, 0.25) is 0 Å². The average molecular weight is 260 g/mol. The molecule has 1 rings (SSSR count). The van der Waals surface area contributed by atoms with Crippen LogP contribution in [0.1, 0.15) is 0 Å². The quantitative estimate of drug-likeness (QED) is 0.671. The summed E-state index contributed by atoms with van der Waals surface area (Å²) in [4.78, 5) is 0. The van der Waals surface area contributed by atoms with Crippen molar-refractivity contribution in [2.45, 2.75) is 0 Å². The van der Waals surface area contributed by atoms with Gasteiger partial charge in [-0.25, -0.2) is 0 Å². The van der Waals surface area contributed by atoms with Crippen LogP contribution >= 0.6 is 0 Å². The Kier molecular flexibility index (Phi) is 3.98. The molecule has 76 valence electrons. The molecule has 0 heterocycles. The molecule has 7 heteroatoms. The summed E-state index contributed by atoms with van der Waals surface area (Å²) in [6, 6.07) is 8.59. The summed E-state index contributed by atoms with van der Waals surface area (Å²) in [7, 11) is 0.305. The summed E-state index contributed by atoms with van der Waals surface area (Å²) < 4.78 is 37.2. The maximum atomic E-state index is 10.6. The fourth-order valence-electron chi connectivity index (χ4n) is 0.975. The van der Waals surface area contributed by atoms with Crippen molar-refractivity contribution in [3.05, 3.63) is 30.3 Å². The molecule has 1 aromatic rings. The molecular weight excluding hydrogens is 250 g/mol. The molecule has 0 aromatic heterocycles. The van der Waals surface area contributed by atoms with Gasteiger partial charge in [-0.15, -0.1) is 0 Å². The summed E-state index contributed by atoms with van der Waals surface area (Å²) in [6.45, 7) is 0. The van der Waals surface area contributed by atoms with Gasteiger partial charge in [-0.05, 0) is 0 Å². The SMILES string of the molecule is COB(O[As](=O)(O)O)c1ccccc1. The van der Waals surface area contributed by atoms with Gasteiger partial charge in [0.25, 0.3) is 0 Å². The number of rotatable bonds is 4. The van der Waals surface area contributed by atoms with Crippen LogP contribution in [0.15, 0.2) is 30.3 Å². The maximum absolute atomic E-state index is 10.6. The minimum absolute atomic E-state index is 0.569. The van der Waals surface area contributed by atoms with Gasteiger partial charge < -0.3 is 0 Å². The van der Waals surface area contributed by atoms with E-state index in [9.17, 15) is 3.74 Å². The molecular formula is C7H10AsBO5. The molecule has 0 unspecified atom stereocenters. The van der Waals surface area contributed by atoms with Gasteiger partial charge in [0.1, 0.15) is 0 Å². The zero-order valence-corrected chi connectivity index (χ0v) is 9.41. The fourth-order valence-corrected chi connectivity index (χ4v) is 1.93. The second-order valence-corrected chi connectivity index (χ2v) is 5.08. The van der Waals surface area contributed by atoms with Gasteiger partial charge in [0.2, 0.25) is 0 Å². The Morgan fingerprint density at radius 2 is 1.86 bits per heavy atom. The van der Waals surface area contributed by atoms with Crippen molar-refractivity contribution in [2.75, 3.05) is 7.11 Å². The van der Waals surface area contributed by atoms with Crippen LogP contribution < -0.4 is 5.46 Å². The molecule has 0 amide bonds. The number of benzene rings is 1. The van der Waals surface area contributed by atoms with E-state index in [1.165, 1.54) is 7.11 Å². The van der Waals surface area contributed by atoms with E-state index in [-0.39, 0.29) is 0 Å². The van der Waals surface area contributed by atoms with Gasteiger partial charge in [0.15, 0.2) is 0 Å². The average Bonchev–Trinajstić information content (AvgIpc) is 2.14. The molecule has 0 spiro atoms. The van der Waals surface area contributed by atoms with Gasteiger partial charge >= 0.3 is 84.8 Å². The van der Waals surface area contributed by atoms with E-state index in [0.717, 1.165) is 0 Å². The molecule has 0 saturated heterocycles. The van der Waals surface area contributed by atoms with Crippen molar-refractivity contribution >= 4 is 27.1 Å². The van der Waals surface area contributed by atoms with Crippen molar-refractivity contribution in [3.8, 4) is 0 Å². The van der Waals surface area contributed by atoms with E-state index < -0.39 is 21.6 Å². The molecule has 0 saturated carbocycles. The van der Waals surface area contributed by atoms with E-state index in [4.69, 9.17) is 12.8 Å². The second-order valence-electron chi connectivity index (χ2n) is 2.57. The van der Waals surface area contributed by atoms with Gasteiger partial charge in [-0.2, -0.15) is 0 Å². The Labute approximate surface area is 85.2 Å². The Morgan fingerprint density at radius 3 is 2.29 bits per heavy atom. The molecule has 14 heavy (non-hydrogen) atoms. The molecule has 0 radical (unpaired) electrons. The first-order chi connectivity index (χ1) is 6.53. The second kappa shape index (κ2) is 4.82. The molecule has 1 aromatic carbocycles. The van der Waals surface area contributed by atoms with Crippen molar-refractivity contribution in [1.29, 1.82) is 0 Å². The van der Waals surface area contributed by atoms with Crippen LogP contribution in [-0.4, -0.2) is 36.9 Å². The van der Waals surface area contributed by atoms with Crippen molar-refractivity contribution in [1.82, 2.24) is 0 Å². The first-order valence-electron chi connectivity index (χ1n) is 3.84. The van der Waals surface area contributed by atoms with E-state index in [1.54, 1.807) is 30.3 Å². The molecule has 0 aliphatic rings. The summed E-state index contributed by atoms with van der Waals surface area (Å²) >= 11 is -5.12. The number of hydrogen-bond acceptors (Lipinski definition) is 3. The van der Waals surface area contributed by atoms with Crippen LogP contribution in [0.3, 0.4) is 0 Å². The van der Waals surface area contributed by atoms with Crippen molar-refractivity contribution < 1.29 is 20.2 Å². The first kappa shape index (κ1) is 11.6. The Morgan fingerprint density at radius 1 is 1.29 bits per heavy atom. The normalized spacial score (nSPS) is 11.4. The summed E-state index contributed by atoms with van der Waals surface area (Å²) in [5, 5.41) is 0. The standard InChI is InChI=1S/C7H10AsBO5/c1-13-9(14-8(10,11)12)7-5-3-2-4-6-7/h2-6H,1H3,(H2,10,11,12). The van der Waals surface area contributed by atoms with Crippen LogP contribution in [-0.2, 0) is 12.0 Å². The van der Waals surface area contributed by atoms with Crippen LogP contribution in [0.5, 0.6) is 0 Å². The molecule has 0 bridgehead atoms. The molecule has 0 aliphatic carbocycles. The van der Waals surface area contributed by atoms with Crippen LogP contribution in [0.4, 0.5) is 0 Å². The predicted octanol–water partition coefficient (Wildman–Crippen LogP) is -1.10. The van der Waals surface area contributed by atoms with Gasteiger partial charge in [-0.3, -0.25) is 0 Å². The zero-order chi connectivity index (χ0) is 10.6. The zero-order valence-electron chi connectivity index (χ0n) is 7.53. The Hall–Kier alpha value is -0.517. The van der Waals surface area contributed by atoms with E-state index in [2.05, 4.69) is 3.64 Å². The van der Waals surface area contributed by atoms with Crippen molar-refractivity contribution in [2.24, 2.45) is 0 Å². The van der Waals surface area contributed by atoms with Gasteiger partial charge in [-0.1, -0.05) is 0 Å². The molecule has 0 fully saturated rings. The summed E-state index contributed by atoms with van der Waals surface area (Å²) in [5.74, 6) is 0. The van der Waals surface area contributed by atoms with Crippen LogP contribution in [0.25, 0.3) is 0 Å². The Balaban J connectivity index is 2.78. The third-order valence-electron chi connectivity index (χ3n) is 1.52. The van der Waals surface area contributed by atoms with Gasteiger partial charge in [0.05, 0.1) is 0 Å². The summed E-state index contributed by atoms with van der Waals surface area (Å²) in [5.41, 5.74) is 0.569. The fraction of sp³-hybridized carbons (Fsp3) is 0.143. The molecule has 2 N–H and O–H groups in total. The van der Waals surface area contributed by atoms with E-state index in [0.29, 0.717) is 5.46 Å². The van der Waals surface area contributed by atoms with Crippen LogP contribution in [0, 0.1) is 0 Å². The van der Waals surface area contributed by atoms with Gasteiger partial charge in [0, 0.05) is 0 Å². The summed E-state index contributed by atoms with van der Waals surface area (Å²) in [6.07, 6.45) is 0. The van der Waals surface area contributed by atoms with E-state index in [1.807, 2.05) is 0 Å². The number of hydrogen-bond donors (Lipinski definition) is 2. The monoisotopic (exact) mass is 260 g/mol. The van der Waals surface area contributed by atoms with Crippen molar-refractivity contribution in [3.63, 3.8) is 0 Å². The third kappa shape index (κ3) is 3.69. The molecule has 5 nitrogen and oxygen atoms in total. The van der Waals surface area contributed by atoms with E-state index >= 15 is 0 Å². The molecule has 0 atom stereocenters. The topological polar surface area (TPSA) is 76.0 Å². The third-order valence-corrected chi connectivity index (χ3v) is 2.50. The Bertz CT molecular complexity index is 324. The minimum atomic E-state index is -5.12. The predicted molar refractivity (Wildman–Crippen MR) is 50.8 cm³/mol. The first-order valence-corrected chi connectivity index (χ1v) is 7.05. The molecule has 0 aliphatic heterocycles.